The standard InChI is InChI=1S/C11H18O2/c12-11(10-5-6-13-8-10)7-9-3-1-2-4-9/h1-2,9-12H,3-8H2. The van der Waals surface area contributed by atoms with Crippen LogP contribution in [0.4, 0.5) is 0 Å². The summed E-state index contributed by atoms with van der Waals surface area (Å²) in [5, 5.41) is 9.90. The zero-order valence-corrected chi connectivity index (χ0v) is 7.98. The normalized spacial score (nSPS) is 31.3. The van der Waals surface area contributed by atoms with Crippen LogP contribution in [0.25, 0.3) is 0 Å². The van der Waals surface area contributed by atoms with Crippen molar-refractivity contribution in [2.24, 2.45) is 11.8 Å². The predicted molar refractivity (Wildman–Crippen MR) is 51.4 cm³/mol. The molecular formula is C11H18O2. The summed E-state index contributed by atoms with van der Waals surface area (Å²) in [5.74, 6) is 1.09. The second kappa shape index (κ2) is 4.25. The molecule has 1 saturated heterocycles. The SMILES string of the molecule is OC(CC1CC=CC1)C1CCOC1. The summed E-state index contributed by atoms with van der Waals surface area (Å²) in [6.07, 6.45) is 8.63. The number of aliphatic hydroxyl groups is 1. The summed E-state index contributed by atoms with van der Waals surface area (Å²) in [6.45, 7) is 1.60. The van der Waals surface area contributed by atoms with Gasteiger partial charge in [-0.1, -0.05) is 12.2 Å². The Morgan fingerprint density at radius 2 is 2.15 bits per heavy atom. The van der Waals surface area contributed by atoms with Gasteiger partial charge in [0, 0.05) is 12.5 Å². The van der Waals surface area contributed by atoms with Gasteiger partial charge in [-0.2, -0.15) is 0 Å². The lowest BCUT2D eigenvalue weighted by molar-refractivity contribution is 0.0721. The Hall–Kier alpha value is -0.340. The topological polar surface area (TPSA) is 29.5 Å². The van der Waals surface area contributed by atoms with Crippen LogP contribution in [-0.2, 0) is 4.74 Å². The molecule has 0 amide bonds. The highest BCUT2D eigenvalue weighted by atomic mass is 16.5. The number of rotatable bonds is 3. The minimum absolute atomic E-state index is 0.132. The van der Waals surface area contributed by atoms with Crippen LogP contribution >= 0.6 is 0 Å². The molecule has 0 saturated carbocycles. The third kappa shape index (κ3) is 2.32. The zero-order chi connectivity index (χ0) is 9.10. The summed E-state index contributed by atoms with van der Waals surface area (Å²) in [5.41, 5.74) is 0. The molecular weight excluding hydrogens is 164 g/mol. The van der Waals surface area contributed by atoms with Crippen molar-refractivity contribution in [1.29, 1.82) is 0 Å². The summed E-state index contributed by atoms with van der Waals surface area (Å²) in [7, 11) is 0. The molecule has 0 aromatic rings. The van der Waals surface area contributed by atoms with E-state index in [2.05, 4.69) is 12.2 Å². The Morgan fingerprint density at radius 1 is 1.38 bits per heavy atom. The van der Waals surface area contributed by atoms with Crippen molar-refractivity contribution in [3.8, 4) is 0 Å². The molecule has 0 bridgehead atoms. The van der Waals surface area contributed by atoms with Gasteiger partial charge in [-0.3, -0.25) is 0 Å². The van der Waals surface area contributed by atoms with Gasteiger partial charge in [0.1, 0.15) is 0 Å². The van der Waals surface area contributed by atoms with E-state index in [1.165, 1.54) is 0 Å². The average molecular weight is 182 g/mol. The third-order valence-corrected chi connectivity index (χ3v) is 3.19. The molecule has 0 radical (unpaired) electrons. The second-order valence-corrected chi connectivity index (χ2v) is 4.24. The van der Waals surface area contributed by atoms with Gasteiger partial charge in [0.25, 0.3) is 0 Å². The summed E-state index contributed by atoms with van der Waals surface area (Å²) in [4.78, 5) is 0. The summed E-state index contributed by atoms with van der Waals surface area (Å²) < 4.78 is 5.27. The quantitative estimate of drug-likeness (QED) is 0.674. The first-order valence-corrected chi connectivity index (χ1v) is 5.27. The van der Waals surface area contributed by atoms with Gasteiger partial charge < -0.3 is 9.84 Å². The van der Waals surface area contributed by atoms with E-state index in [9.17, 15) is 5.11 Å². The second-order valence-electron chi connectivity index (χ2n) is 4.24. The molecule has 1 fully saturated rings. The smallest absolute Gasteiger partial charge is 0.0594 e. The maximum absolute atomic E-state index is 9.90. The fraction of sp³-hybridized carbons (Fsp3) is 0.818. The van der Waals surface area contributed by atoms with E-state index in [-0.39, 0.29) is 6.10 Å². The van der Waals surface area contributed by atoms with E-state index in [4.69, 9.17) is 4.74 Å². The van der Waals surface area contributed by atoms with Crippen molar-refractivity contribution in [1.82, 2.24) is 0 Å². The van der Waals surface area contributed by atoms with Gasteiger partial charge >= 0.3 is 0 Å². The van der Waals surface area contributed by atoms with Crippen LogP contribution in [0.15, 0.2) is 12.2 Å². The maximum Gasteiger partial charge on any atom is 0.0594 e. The predicted octanol–water partition coefficient (Wildman–Crippen LogP) is 1.74. The Balaban J connectivity index is 1.73. The fourth-order valence-corrected chi connectivity index (χ4v) is 2.26. The van der Waals surface area contributed by atoms with Crippen molar-refractivity contribution in [2.75, 3.05) is 13.2 Å². The number of allylic oxidation sites excluding steroid dienone is 2. The van der Waals surface area contributed by atoms with E-state index in [0.29, 0.717) is 11.8 Å². The first-order chi connectivity index (χ1) is 6.36. The lowest BCUT2D eigenvalue weighted by atomic mass is 9.91. The highest BCUT2D eigenvalue weighted by Crippen LogP contribution is 2.27. The van der Waals surface area contributed by atoms with Crippen LogP contribution in [0.2, 0.25) is 0 Å². The van der Waals surface area contributed by atoms with Gasteiger partial charge in [-0.25, -0.2) is 0 Å². The Morgan fingerprint density at radius 3 is 2.77 bits per heavy atom. The Kier molecular flexibility index (Phi) is 3.01. The molecule has 2 aliphatic rings. The number of hydrogen-bond donors (Lipinski definition) is 1. The molecule has 2 unspecified atom stereocenters. The van der Waals surface area contributed by atoms with E-state index in [0.717, 1.165) is 38.9 Å². The van der Waals surface area contributed by atoms with Gasteiger partial charge in [0.2, 0.25) is 0 Å². The average Bonchev–Trinajstić information content (AvgIpc) is 2.74. The van der Waals surface area contributed by atoms with Crippen LogP contribution in [0.5, 0.6) is 0 Å². The summed E-state index contributed by atoms with van der Waals surface area (Å²) in [6, 6.07) is 0. The highest BCUT2D eigenvalue weighted by Gasteiger charge is 2.26. The number of aliphatic hydroxyl groups excluding tert-OH is 1. The molecule has 1 N–H and O–H groups in total. The molecule has 1 aliphatic heterocycles. The summed E-state index contributed by atoms with van der Waals surface area (Å²) >= 11 is 0. The largest absolute Gasteiger partial charge is 0.393 e. The molecule has 2 rings (SSSR count). The molecule has 0 aromatic carbocycles. The van der Waals surface area contributed by atoms with Gasteiger partial charge in [-0.15, -0.1) is 0 Å². The van der Waals surface area contributed by atoms with Gasteiger partial charge in [-0.05, 0) is 31.6 Å². The lowest BCUT2D eigenvalue weighted by Gasteiger charge is -2.19. The van der Waals surface area contributed by atoms with Crippen molar-refractivity contribution >= 4 is 0 Å². The minimum Gasteiger partial charge on any atom is -0.393 e. The van der Waals surface area contributed by atoms with Gasteiger partial charge in [0.05, 0.1) is 12.7 Å². The van der Waals surface area contributed by atoms with Gasteiger partial charge in [0.15, 0.2) is 0 Å². The van der Waals surface area contributed by atoms with Crippen molar-refractivity contribution < 1.29 is 9.84 Å². The van der Waals surface area contributed by atoms with E-state index in [1.54, 1.807) is 0 Å². The molecule has 74 valence electrons. The molecule has 0 aromatic heterocycles. The molecule has 2 heteroatoms. The fourth-order valence-electron chi connectivity index (χ4n) is 2.26. The van der Waals surface area contributed by atoms with Crippen molar-refractivity contribution in [3.05, 3.63) is 12.2 Å². The van der Waals surface area contributed by atoms with Crippen molar-refractivity contribution in [2.45, 2.75) is 31.8 Å². The van der Waals surface area contributed by atoms with Crippen LogP contribution < -0.4 is 0 Å². The minimum atomic E-state index is -0.132. The first kappa shape index (κ1) is 9.22. The molecule has 0 spiro atoms. The first-order valence-electron chi connectivity index (χ1n) is 5.27. The molecule has 13 heavy (non-hydrogen) atoms. The van der Waals surface area contributed by atoms with Crippen LogP contribution in [-0.4, -0.2) is 24.4 Å². The van der Waals surface area contributed by atoms with Crippen molar-refractivity contribution in [3.63, 3.8) is 0 Å². The highest BCUT2D eigenvalue weighted by molar-refractivity contribution is 4.95. The van der Waals surface area contributed by atoms with E-state index >= 15 is 0 Å². The molecule has 2 atom stereocenters. The number of hydrogen-bond acceptors (Lipinski definition) is 2. The van der Waals surface area contributed by atoms with Crippen LogP contribution in [0.1, 0.15) is 25.7 Å². The Labute approximate surface area is 79.6 Å². The monoisotopic (exact) mass is 182 g/mol. The lowest BCUT2D eigenvalue weighted by Crippen LogP contribution is -2.23. The number of ether oxygens (including phenoxy) is 1. The van der Waals surface area contributed by atoms with E-state index in [1.807, 2.05) is 0 Å². The van der Waals surface area contributed by atoms with Crippen LogP contribution in [0.3, 0.4) is 0 Å². The zero-order valence-electron chi connectivity index (χ0n) is 7.98. The van der Waals surface area contributed by atoms with E-state index < -0.39 is 0 Å². The molecule has 1 heterocycles. The molecule has 2 nitrogen and oxygen atoms in total. The third-order valence-electron chi connectivity index (χ3n) is 3.19. The Bertz CT molecular complexity index is 175. The van der Waals surface area contributed by atoms with Crippen LogP contribution in [0, 0.1) is 11.8 Å². The molecule has 1 aliphatic carbocycles. The maximum atomic E-state index is 9.90.